The molecule has 2 amide bonds. The fraction of sp³-hybridized carbons (Fsp3) is 0.370. The van der Waals surface area contributed by atoms with Gasteiger partial charge in [0.1, 0.15) is 11.6 Å². The number of phenolic OH excluding ortho intramolecular Hbond substituents is 1. The molecule has 0 radical (unpaired) electrons. The lowest BCUT2D eigenvalue weighted by Gasteiger charge is -2.25. The van der Waals surface area contributed by atoms with Crippen molar-refractivity contribution in [2.24, 2.45) is 5.92 Å². The van der Waals surface area contributed by atoms with E-state index in [1.807, 2.05) is 19.9 Å². The monoisotopic (exact) mass is 478 g/mol. The molecular formula is C27H31FN4O3. The largest absolute Gasteiger partial charge is 0.507 e. The van der Waals surface area contributed by atoms with Crippen LogP contribution in [0, 0.1) is 11.7 Å². The normalized spacial score (nSPS) is 13.5. The molecule has 0 saturated heterocycles. The first-order valence-electron chi connectivity index (χ1n) is 12.2. The highest BCUT2D eigenvalue weighted by Gasteiger charge is 2.27. The predicted molar refractivity (Wildman–Crippen MR) is 133 cm³/mol. The van der Waals surface area contributed by atoms with Gasteiger partial charge in [-0.3, -0.25) is 4.79 Å². The average Bonchev–Trinajstić information content (AvgIpc) is 3.22. The molecule has 2 aromatic carbocycles. The number of hydrogen-bond acceptors (Lipinski definition) is 4. The van der Waals surface area contributed by atoms with E-state index in [2.05, 4.69) is 15.7 Å². The molecule has 0 aliphatic heterocycles. The van der Waals surface area contributed by atoms with Crippen LogP contribution >= 0.6 is 0 Å². The van der Waals surface area contributed by atoms with E-state index < -0.39 is 0 Å². The third kappa shape index (κ3) is 5.53. The Morgan fingerprint density at radius 3 is 2.43 bits per heavy atom. The van der Waals surface area contributed by atoms with Gasteiger partial charge < -0.3 is 15.7 Å². The highest BCUT2D eigenvalue weighted by atomic mass is 19.1. The Labute approximate surface area is 204 Å². The molecule has 184 valence electrons. The van der Waals surface area contributed by atoms with E-state index in [1.54, 1.807) is 24.3 Å². The lowest BCUT2D eigenvalue weighted by atomic mass is 9.82. The molecule has 4 rings (SSSR count). The minimum absolute atomic E-state index is 0.0242. The first-order chi connectivity index (χ1) is 16.9. The Kier molecular flexibility index (Phi) is 7.48. The van der Waals surface area contributed by atoms with Crippen LogP contribution in [0.1, 0.15) is 63.1 Å². The minimum atomic E-state index is -0.379. The summed E-state index contributed by atoms with van der Waals surface area (Å²) in [5.74, 6) is -0.273. The summed E-state index contributed by atoms with van der Waals surface area (Å²) in [5.41, 5.74) is 3.06. The Morgan fingerprint density at radius 2 is 1.83 bits per heavy atom. The summed E-state index contributed by atoms with van der Waals surface area (Å²) in [4.78, 5) is 25.4. The average molecular weight is 479 g/mol. The van der Waals surface area contributed by atoms with Gasteiger partial charge in [-0.05, 0) is 61.6 Å². The molecule has 8 heteroatoms. The van der Waals surface area contributed by atoms with Crippen molar-refractivity contribution in [1.82, 2.24) is 15.1 Å². The van der Waals surface area contributed by atoms with Crippen LogP contribution in [0.2, 0.25) is 0 Å². The molecule has 3 aromatic rings. The van der Waals surface area contributed by atoms with Gasteiger partial charge in [0.25, 0.3) is 0 Å². The van der Waals surface area contributed by atoms with Crippen molar-refractivity contribution in [2.45, 2.75) is 58.4 Å². The van der Waals surface area contributed by atoms with Gasteiger partial charge in [-0.25, -0.2) is 9.18 Å². The van der Waals surface area contributed by atoms with Crippen molar-refractivity contribution >= 4 is 17.6 Å². The number of aromatic hydroxyl groups is 1. The third-order valence-corrected chi connectivity index (χ3v) is 6.71. The van der Waals surface area contributed by atoms with Gasteiger partial charge in [-0.2, -0.15) is 9.78 Å². The van der Waals surface area contributed by atoms with Crippen molar-refractivity contribution in [3.05, 3.63) is 65.6 Å². The molecule has 0 spiro atoms. The molecule has 0 unspecified atom stereocenters. The van der Waals surface area contributed by atoms with Crippen molar-refractivity contribution in [3.8, 4) is 17.0 Å². The number of nitrogens with one attached hydrogen (secondary N) is 2. The van der Waals surface area contributed by atoms with Crippen molar-refractivity contribution in [1.29, 1.82) is 0 Å². The molecule has 1 heterocycles. The predicted octanol–water partition coefficient (Wildman–Crippen LogP) is 5.79. The summed E-state index contributed by atoms with van der Waals surface area (Å²) in [6.07, 6.45) is 4.54. The molecule has 1 fully saturated rings. The van der Waals surface area contributed by atoms with E-state index in [9.17, 15) is 19.1 Å². The summed E-state index contributed by atoms with van der Waals surface area (Å²) >= 11 is 0. The van der Waals surface area contributed by atoms with Crippen LogP contribution in [0.3, 0.4) is 0 Å². The van der Waals surface area contributed by atoms with E-state index >= 15 is 0 Å². The summed E-state index contributed by atoms with van der Waals surface area (Å²) < 4.78 is 14.5. The second kappa shape index (κ2) is 10.7. The number of aromatic nitrogens is 2. The number of nitrogens with zero attached hydrogens (tertiary/aromatic N) is 2. The Balaban J connectivity index is 1.54. The molecule has 1 aliphatic rings. The molecule has 0 bridgehead atoms. The highest BCUT2D eigenvalue weighted by molar-refractivity contribution is 5.93. The van der Waals surface area contributed by atoms with Crippen LogP contribution in [0.5, 0.6) is 5.75 Å². The lowest BCUT2D eigenvalue weighted by molar-refractivity contribution is -0.120. The van der Waals surface area contributed by atoms with E-state index in [1.165, 1.54) is 22.9 Å². The summed E-state index contributed by atoms with van der Waals surface area (Å²) in [6.45, 7) is 4.19. The van der Waals surface area contributed by atoms with Gasteiger partial charge >= 0.3 is 6.03 Å². The second-order valence-electron chi connectivity index (χ2n) is 9.01. The van der Waals surface area contributed by atoms with Crippen molar-refractivity contribution in [3.63, 3.8) is 0 Å². The molecule has 7 nitrogen and oxygen atoms in total. The highest BCUT2D eigenvalue weighted by Crippen LogP contribution is 2.39. The number of phenols is 1. The second-order valence-corrected chi connectivity index (χ2v) is 9.01. The van der Waals surface area contributed by atoms with Gasteiger partial charge in [0.2, 0.25) is 5.91 Å². The van der Waals surface area contributed by atoms with Crippen LogP contribution in [0.15, 0.2) is 48.5 Å². The van der Waals surface area contributed by atoms with Gasteiger partial charge in [0.15, 0.2) is 0 Å². The van der Waals surface area contributed by atoms with E-state index in [-0.39, 0.29) is 41.9 Å². The zero-order chi connectivity index (χ0) is 24.9. The summed E-state index contributed by atoms with van der Waals surface area (Å²) in [5, 5.41) is 20.9. The maximum Gasteiger partial charge on any atom is 0.342 e. The molecule has 35 heavy (non-hydrogen) atoms. The maximum atomic E-state index is 13.1. The van der Waals surface area contributed by atoms with Gasteiger partial charge in [-0.15, -0.1) is 0 Å². The number of rotatable bonds is 8. The van der Waals surface area contributed by atoms with E-state index in [0.717, 1.165) is 43.4 Å². The van der Waals surface area contributed by atoms with Gasteiger partial charge in [0.05, 0.1) is 11.4 Å². The molecule has 0 atom stereocenters. The SMILES string of the molecule is CCC(CC)C(=O)Nc1ccc(-c2cc(C3CCC3)n(C(=O)NCc3ccc(F)cc3)n2)c(O)c1. The van der Waals surface area contributed by atoms with Crippen LogP contribution in [0.4, 0.5) is 14.9 Å². The lowest BCUT2D eigenvalue weighted by Crippen LogP contribution is -2.31. The van der Waals surface area contributed by atoms with Crippen LogP contribution < -0.4 is 10.6 Å². The molecule has 1 saturated carbocycles. The number of carbonyl (C=O) groups excluding carboxylic acids is 2. The van der Waals surface area contributed by atoms with E-state index in [4.69, 9.17) is 0 Å². The fourth-order valence-electron chi connectivity index (χ4n) is 4.27. The maximum absolute atomic E-state index is 13.1. The minimum Gasteiger partial charge on any atom is -0.507 e. The van der Waals surface area contributed by atoms with Crippen LogP contribution in [0.25, 0.3) is 11.3 Å². The number of hydrogen-bond donors (Lipinski definition) is 3. The zero-order valence-corrected chi connectivity index (χ0v) is 20.1. The Hall–Kier alpha value is -3.68. The van der Waals surface area contributed by atoms with E-state index in [0.29, 0.717) is 16.9 Å². The number of carbonyl (C=O) groups is 2. The van der Waals surface area contributed by atoms with Crippen LogP contribution in [-0.4, -0.2) is 26.8 Å². The fourth-order valence-corrected chi connectivity index (χ4v) is 4.27. The van der Waals surface area contributed by atoms with Crippen molar-refractivity contribution in [2.75, 3.05) is 5.32 Å². The van der Waals surface area contributed by atoms with Gasteiger partial charge in [-0.1, -0.05) is 32.4 Å². The Bertz CT molecular complexity index is 1200. The summed E-state index contributed by atoms with van der Waals surface area (Å²) in [6, 6.07) is 12.4. The standard InChI is InChI=1S/C27H31FN4O3/c1-3-18(4-2)26(34)30-21-12-13-22(25(33)14-21)23-15-24(19-6-5-7-19)32(31-23)27(35)29-16-17-8-10-20(28)11-9-17/h8-15,18-19,33H,3-7,16H2,1-2H3,(H,29,35)(H,30,34). The first-order valence-corrected chi connectivity index (χ1v) is 12.2. The molecular weight excluding hydrogens is 447 g/mol. The number of benzene rings is 2. The number of anilines is 1. The molecule has 1 aliphatic carbocycles. The number of halogens is 1. The zero-order valence-electron chi connectivity index (χ0n) is 20.1. The first kappa shape index (κ1) is 24.4. The topological polar surface area (TPSA) is 96.3 Å². The smallest absolute Gasteiger partial charge is 0.342 e. The molecule has 1 aromatic heterocycles. The summed E-state index contributed by atoms with van der Waals surface area (Å²) in [7, 11) is 0. The van der Waals surface area contributed by atoms with Crippen LogP contribution in [-0.2, 0) is 11.3 Å². The Morgan fingerprint density at radius 1 is 1.11 bits per heavy atom. The number of amides is 2. The van der Waals surface area contributed by atoms with Gasteiger partial charge in [0, 0.05) is 35.7 Å². The molecule has 3 N–H and O–H groups in total. The van der Waals surface area contributed by atoms with Crippen molar-refractivity contribution < 1.29 is 19.1 Å². The third-order valence-electron chi connectivity index (χ3n) is 6.71. The quantitative estimate of drug-likeness (QED) is 0.382.